The van der Waals surface area contributed by atoms with Crippen LogP contribution in [0.2, 0.25) is 0 Å². The van der Waals surface area contributed by atoms with Gasteiger partial charge >= 0.3 is 5.97 Å². The highest BCUT2D eigenvalue weighted by Gasteiger charge is 2.12. The standard InChI is InChI=1S/C11H13NO2.C4H4O/c1-3-9(11(13)14-4-2)10-7-5-6-8-12-10;1-2-4-5-3-1/h3,5-8H,4H2,1-2H3;1-4H/b9-3+;. The van der Waals surface area contributed by atoms with E-state index in [2.05, 4.69) is 9.40 Å². The first-order chi connectivity index (χ1) is 9.29. The van der Waals surface area contributed by atoms with Crippen LogP contribution < -0.4 is 0 Å². The average molecular weight is 259 g/mol. The summed E-state index contributed by atoms with van der Waals surface area (Å²) in [6.07, 6.45) is 6.61. The van der Waals surface area contributed by atoms with Crippen LogP contribution in [-0.4, -0.2) is 17.6 Å². The average Bonchev–Trinajstić information content (AvgIpc) is 3.00. The summed E-state index contributed by atoms with van der Waals surface area (Å²) in [6.45, 7) is 3.95. The van der Waals surface area contributed by atoms with Gasteiger partial charge in [0, 0.05) is 6.20 Å². The summed E-state index contributed by atoms with van der Waals surface area (Å²) in [6, 6.07) is 9.10. The van der Waals surface area contributed by atoms with Crippen LogP contribution in [-0.2, 0) is 9.53 Å². The summed E-state index contributed by atoms with van der Waals surface area (Å²) in [7, 11) is 0. The fraction of sp³-hybridized carbons (Fsp3) is 0.200. The molecular formula is C15H17NO3. The van der Waals surface area contributed by atoms with Crippen LogP contribution >= 0.6 is 0 Å². The topological polar surface area (TPSA) is 52.3 Å². The molecule has 2 aromatic heterocycles. The van der Waals surface area contributed by atoms with Gasteiger partial charge in [0.1, 0.15) is 0 Å². The molecule has 2 rings (SSSR count). The van der Waals surface area contributed by atoms with Crippen LogP contribution in [0.1, 0.15) is 19.5 Å². The number of hydrogen-bond donors (Lipinski definition) is 0. The van der Waals surface area contributed by atoms with Crippen molar-refractivity contribution in [3.63, 3.8) is 0 Å². The maximum atomic E-state index is 11.4. The van der Waals surface area contributed by atoms with Crippen molar-refractivity contribution in [2.75, 3.05) is 6.61 Å². The number of hydrogen-bond acceptors (Lipinski definition) is 4. The van der Waals surface area contributed by atoms with E-state index in [1.165, 1.54) is 0 Å². The largest absolute Gasteiger partial charge is 0.473 e. The lowest BCUT2D eigenvalue weighted by molar-refractivity contribution is -0.136. The van der Waals surface area contributed by atoms with Crippen molar-refractivity contribution in [1.82, 2.24) is 4.98 Å². The minimum absolute atomic E-state index is 0.325. The predicted molar refractivity (Wildman–Crippen MR) is 73.2 cm³/mol. The Morgan fingerprint density at radius 1 is 1.32 bits per heavy atom. The molecule has 0 atom stereocenters. The van der Waals surface area contributed by atoms with Crippen LogP contribution in [0.3, 0.4) is 0 Å². The van der Waals surface area contributed by atoms with Gasteiger partial charge in [0.15, 0.2) is 0 Å². The third-order valence-corrected chi connectivity index (χ3v) is 2.15. The van der Waals surface area contributed by atoms with E-state index in [0.29, 0.717) is 17.9 Å². The zero-order valence-corrected chi connectivity index (χ0v) is 11.1. The molecule has 2 heterocycles. The number of nitrogens with zero attached hydrogens (tertiary/aromatic N) is 1. The zero-order valence-electron chi connectivity index (χ0n) is 11.1. The SMILES string of the molecule is C/C=C(/C(=O)OCC)c1ccccn1.c1ccoc1. The van der Waals surface area contributed by atoms with E-state index in [1.54, 1.807) is 44.7 Å². The molecule has 0 saturated carbocycles. The number of carbonyl (C=O) groups excluding carboxylic acids is 1. The molecule has 0 bridgehead atoms. The molecule has 19 heavy (non-hydrogen) atoms. The summed E-state index contributed by atoms with van der Waals surface area (Å²) < 4.78 is 9.49. The van der Waals surface area contributed by atoms with Crippen LogP contribution in [0, 0.1) is 0 Å². The summed E-state index contributed by atoms with van der Waals surface area (Å²) in [5.74, 6) is -0.325. The Morgan fingerprint density at radius 2 is 2.05 bits per heavy atom. The Kier molecular flexibility index (Phi) is 6.72. The highest BCUT2D eigenvalue weighted by Crippen LogP contribution is 2.12. The fourth-order valence-corrected chi connectivity index (χ4v) is 1.33. The molecule has 0 amide bonds. The zero-order chi connectivity index (χ0) is 13.9. The fourth-order valence-electron chi connectivity index (χ4n) is 1.33. The number of carbonyl (C=O) groups is 1. The van der Waals surface area contributed by atoms with Crippen LogP contribution in [0.5, 0.6) is 0 Å². The number of aromatic nitrogens is 1. The molecule has 0 fully saturated rings. The second-order valence-corrected chi connectivity index (χ2v) is 3.43. The van der Waals surface area contributed by atoms with Gasteiger partial charge in [-0.15, -0.1) is 0 Å². The minimum atomic E-state index is -0.325. The van der Waals surface area contributed by atoms with E-state index in [1.807, 2.05) is 24.3 Å². The number of furan rings is 1. The molecule has 0 saturated heterocycles. The number of esters is 1. The van der Waals surface area contributed by atoms with Crippen molar-refractivity contribution in [2.45, 2.75) is 13.8 Å². The van der Waals surface area contributed by atoms with Crippen molar-refractivity contribution in [2.24, 2.45) is 0 Å². The summed E-state index contributed by atoms with van der Waals surface area (Å²) in [5, 5.41) is 0. The molecule has 0 aliphatic heterocycles. The van der Waals surface area contributed by atoms with Gasteiger partial charge in [0.25, 0.3) is 0 Å². The number of rotatable bonds is 3. The molecular weight excluding hydrogens is 242 g/mol. The van der Waals surface area contributed by atoms with E-state index in [9.17, 15) is 4.79 Å². The second kappa shape index (κ2) is 8.69. The van der Waals surface area contributed by atoms with Gasteiger partial charge in [0.2, 0.25) is 0 Å². The molecule has 4 nitrogen and oxygen atoms in total. The van der Waals surface area contributed by atoms with Gasteiger partial charge in [-0.2, -0.15) is 0 Å². The van der Waals surface area contributed by atoms with Gasteiger partial charge in [-0.05, 0) is 38.1 Å². The Labute approximate surface area is 112 Å². The van der Waals surface area contributed by atoms with Crippen molar-refractivity contribution in [3.8, 4) is 0 Å². The predicted octanol–water partition coefficient (Wildman–Crippen LogP) is 3.33. The van der Waals surface area contributed by atoms with Gasteiger partial charge < -0.3 is 9.15 Å². The van der Waals surface area contributed by atoms with E-state index in [4.69, 9.17) is 4.74 Å². The maximum absolute atomic E-state index is 11.4. The molecule has 0 aromatic carbocycles. The first kappa shape index (κ1) is 14.7. The van der Waals surface area contributed by atoms with Crippen molar-refractivity contribution in [1.29, 1.82) is 0 Å². The molecule has 0 aliphatic rings. The number of pyridine rings is 1. The Bertz CT molecular complexity index is 472. The van der Waals surface area contributed by atoms with Gasteiger partial charge in [-0.1, -0.05) is 12.1 Å². The molecule has 2 aromatic rings. The monoisotopic (exact) mass is 259 g/mol. The normalized spacial score (nSPS) is 10.3. The Morgan fingerprint density at radius 3 is 2.47 bits per heavy atom. The first-order valence-electron chi connectivity index (χ1n) is 6.01. The Balaban J connectivity index is 0.000000300. The number of allylic oxidation sites excluding steroid dienone is 1. The first-order valence-corrected chi connectivity index (χ1v) is 6.01. The highest BCUT2D eigenvalue weighted by atomic mass is 16.5. The van der Waals surface area contributed by atoms with Crippen LogP contribution in [0.25, 0.3) is 5.57 Å². The lowest BCUT2D eigenvalue weighted by Gasteiger charge is -2.04. The third-order valence-electron chi connectivity index (χ3n) is 2.15. The number of ether oxygens (including phenoxy) is 1. The molecule has 0 radical (unpaired) electrons. The smallest absolute Gasteiger partial charge is 0.339 e. The summed E-state index contributed by atoms with van der Waals surface area (Å²) in [4.78, 5) is 15.5. The van der Waals surface area contributed by atoms with Gasteiger partial charge in [0.05, 0.1) is 30.4 Å². The van der Waals surface area contributed by atoms with Crippen LogP contribution in [0.15, 0.2) is 59.5 Å². The quantitative estimate of drug-likeness (QED) is 0.626. The molecule has 0 spiro atoms. The Hall–Kier alpha value is -2.36. The van der Waals surface area contributed by atoms with Gasteiger partial charge in [-0.25, -0.2) is 4.79 Å². The molecule has 0 unspecified atom stereocenters. The van der Waals surface area contributed by atoms with E-state index >= 15 is 0 Å². The molecule has 0 aliphatic carbocycles. The van der Waals surface area contributed by atoms with E-state index in [-0.39, 0.29) is 5.97 Å². The van der Waals surface area contributed by atoms with Crippen molar-refractivity contribution >= 4 is 11.5 Å². The summed E-state index contributed by atoms with van der Waals surface area (Å²) >= 11 is 0. The lowest BCUT2D eigenvalue weighted by atomic mass is 10.1. The van der Waals surface area contributed by atoms with E-state index in [0.717, 1.165) is 0 Å². The third kappa shape index (κ3) is 5.21. The van der Waals surface area contributed by atoms with E-state index < -0.39 is 0 Å². The molecule has 100 valence electrons. The minimum Gasteiger partial charge on any atom is -0.473 e. The highest BCUT2D eigenvalue weighted by molar-refractivity contribution is 6.15. The van der Waals surface area contributed by atoms with Crippen molar-refractivity contribution in [3.05, 3.63) is 60.8 Å². The van der Waals surface area contributed by atoms with Crippen molar-refractivity contribution < 1.29 is 13.9 Å². The van der Waals surface area contributed by atoms with Gasteiger partial charge in [-0.3, -0.25) is 4.98 Å². The lowest BCUT2D eigenvalue weighted by Crippen LogP contribution is -2.07. The second-order valence-electron chi connectivity index (χ2n) is 3.43. The molecule has 4 heteroatoms. The maximum Gasteiger partial charge on any atom is 0.339 e. The summed E-state index contributed by atoms with van der Waals surface area (Å²) in [5.41, 5.74) is 1.15. The molecule has 0 N–H and O–H groups in total. The van der Waals surface area contributed by atoms with Crippen LogP contribution in [0.4, 0.5) is 0 Å².